The first-order chi connectivity index (χ1) is 8.77. The van der Waals surface area contributed by atoms with E-state index < -0.39 is 5.54 Å². The predicted molar refractivity (Wildman–Crippen MR) is 90.8 cm³/mol. The van der Waals surface area contributed by atoms with E-state index in [2.05, 4.69) is 35.1 Å². The molecular weight excluding hydrogens is 363 g/mol. The molecule has 1 aromatic carbocycles. The number of nitrogens with two attached hydrogens (primary N) is 1. The Morgan fingerprint density at radius 1 is 1.50 bits per heavy atom. The van der Waals surface area contributed by atoms with Crippen molar-refractivity contribution in [2.45, 2.75) is 32.7 Å². The van der Waals surface area contributed by atoms with Gasteiger partial charge < -0.3 is 11.1 Å². The summed E-state index contributed by atoms with van der Waals surface area (Å²) in [6.45, 7) is 6.57. The zero-order chi connectivity index (χ0) is 14.6. The number of rotatable bonds is 5. The van der Waals surface area contributed by atoms with E-state index >= 15 is 0 Å². The second-order valence-electron chi connectivity index (χ2n) is 5.44. The van der Waals surface area contributed by atoms with E-state index in [1.54, 1.807) is 18.2 Å². The molecule has 0 radical (unpaired) electrons. The Labute approximate surface area is 140 Å². The van der Waals surface area contributed by atoms with Crippen LogP contribution in [0.25, 0.3) is 0 Å². The Balaban J connectivity index is 0.00000361. The van der Waals surface area contributed by atoms with Gasteiger partial charge >= 0.3 is 0 Å². The number of amides is 1. The molecule has 0 aliphatic rings. The fraction of sp³-hybridized carbons (Fsp3) is 0.500. The van der Waals surface area contributed by atoms with Crippen molar-refractivity contribution in [2.24, 2.45) is 11.7 Å². The van der Waals surface area contributed by atoms with Crippen molar-refractivity contribution in [1.29, 1.82) is 0 Å². The van der Waals surface area contributed by atoms with Crippen LogP contribution in [0.4, 0.5) is 0 Å². The van der Waals surface area contributed by atoms with Crippen LogP contribution in [0.5, 0.6) is 0 Å². The molecule has 0 heterocycles. The van der Waals surface area contributed by atoms with Crippen molar-refractivity contribution in [3.63, 3.8) is 0 Å². The average molecular weight is 384 g/mol. The second kappa shape index (κ2) is 8.23. The quantitative estimate of drug-likeness (QED) is 0.806. The Morgan fingerprint density at radius 2 is 2.10 bits per heavy atom. The molecular formula is C14H21BrCl2N2O. The van der Waals surface area contributed by atoms with E-state index in [4.69, 9.17) is 17.3 Å². The van der Waals surface area contributed by atoms with Gasteiger partial charge in [0.25, 0.3) is 5.91 Å². The maximum absolute atomic E-state index is 12.3. The fourth-order valence-electron chi connectivity index (χ4n) is 2.10. The van der Waals surface area contributed by atoms with Gasteiger partial charge in [-0.3, -0.25) is 4.79 Å². The monoisotopic (exact) mass is 382 g/mol. The van der Waals surface area contributed by atoms with Gasteiger partial charge in [-0.15, -0.1) is 12.4 Å². The Morgan fingerprint density at radius 3 is 2.60 bits per heavy atom. The predicted octanol–water partition coefficient (Wildman–Crippen LogP) is 4.02. The van der Waals surface area contributed by atoms with E-state index in [1.165, 1.54) is 0 Å². The van der Waals surface area contributed by atoms with Crippen LogP contribution in [-0.2, 0) is 0 Å². The number of hydrogen-bond donors (Lipinski definition) is 2. The van der Waals surface area contributed by atoms with E-state index in [-0.39, 0.29) is 18.3 Å². The first-order valence-electron chi connectivity index (χ1n) is 6.25. The molecule has 1 rings (SSSR count). The number of carbonyl (C=O) groups is 1. The van der Waals surface area contributed by atoms with Gasteiger partial charge in [0.1, 0.15) is 0 Å². The molecule has 1 aromatic rings. The fourth-order valence-corrected chi connectivity index (χ4v) is 2.70. The lowest BCUT2D eigenvalue weighted by Crippen LogP contribution is -2.52. The third kappa shape index (κ3) is 5.60. The van der Waals surface area contributed by atoms with Crippen molar-refractivity contribution in [2.75, 3.05) is 6.54 Å². The first-order valence-corrected chi connectivity index (χ1v) is 7.42. The molecule has 0 aromatic heterocycles. The zero-order valence-corrected chi connectivity index (χ0v) is 15.0. The van der Waals surface area contributed by atoms with Gasteiger partial charge in [0.15, 0.2) is 0 Å². The van der Waals surface area contributed by atoms with E-state index in [1.807, 2.05) is 6.92 Å². The molecule has 0 spiro atoms. The van der Waals surface area contributed by atoms with Crippen LogP contribution >= 0.6 is 39.9 Å². The molecule has 20 heavy (non-hydrogen) atoms. The van der Waals surface area contributed by atoms with E-state index in [0.29, 0.717) is 23.0 Å². The van der Waals surface area contributed by atoms with Gasteiger partial charge in [-0.25, -0.2) is 0 Å². The topological polar surface area (TPSA) is 55.1 Å². The standard InChI is InChI=1S/C14H20BrClN2O.ClH/c1-9(2)7-14(3,8-17)18-13(19)11-6-10(16)4-5-12(11)15;/h4-6,9H,7-8,17H2,1-3H3,(H,18,19);1H. The summed E-state index contributed by atoms with van der Waals surface area (Å²) in [5.41, 5.74) is 5.91. The zero-order valence-electron chi connectivity index (χ0n) is 11.9. The van der Waals surface area contributed by atoms with Crippen LogP contribution in [0.3, 0.4) is 0 Å². The van der Waals surface area contributed by atoms with Crippen molar-refractivity contribution >= 4 is 45.8 Å². The molecule has 0 bridgehead atoms. The molecule has 1 atom stereocenters. The minimum Gasteiger partial charge on any atom is -0.346 e. The van der Waals surface area contributed by atoms with Crippen LogP contribution < -0.4 is 11.1 Å². The van der Waals surface area contributed by atoms with E-state index in [9.17, 15) is 4.79 Å². The van der Waals surface area contributed by atoms with Crippen molar-refractivity contribution in [1.82, 2.24) is 5.32 Å². The third-order valence-electron chi connectivity index (χ3n) is 2.90. The van der Waals surface area contributed by atoms with Gasteiger partial charge in [-0.2, -0.15) is 0 Å². The molecule has 0 saturated heterocycles. The summed E-state index contributed by atoms with van der Waals surface area (Å²) in [5.74, 6) is 0.291. The second-order valence-corrected chi connectivity index (χ2v) is 6.73. The maximum atomic E-state index is 12.3. The minimum absolute atomic E-state index is 0. The molecule has 0 saturated carbocycles. The summed E-state index contributed by atoms with van der Waals surface area (Å²) in [5, 5.41) is 3.54. The van der Waals surface area contributed by atoms with Crippen molar-refractivity contribution in [3.05, 3.63) is 33.3 Å². The lowest BCUT2D eigenvalue weighted by Gasteiger charge is -2.31. The Kier molecular flexibility index (Phi) is 8.11. The number of nitrogens with one attached hydrogen (secondary N) is 1. The average Bonchev–Trinajstić information content (AvgIpc) is 2.31. The van der Waals surface area contributed by atoms with Crippen LogP contribution in [0.15, 0.2) is 22.7 Å². The van der Waals surface area contributed by atoms with Gasteiger partial charge in [-0.05, 0) is 53.4 Å². The molecule has 0 aliphatic carbocycles. The number of halogens is 3. The summed E-state index contributed by atoms with van der Waals surface area (Å²) in [4.78, 5) is 12.3. The number of benzene rings is 1. The smallest absolute Gasteiger partial charge is 0.252 e. The van der Waals surface area contributed by atoms with Crippen LogP contribution in [0.2, 0.25) is 5.02 Å². The summed E-state index contributed by atoms with van der Waals surface area (Å²) in [6, 6.07) is 5.14. The molecule has 6 heteroatoms. The largest absolute Gasteiger partial charge is 0.346 e. The molecule has 0 fully saturated rings. The van der Waals surface area contributed by atoms with Crippen LogP contribution in [0.1, 0.15) is 37.6 Å². The number of hydrogen-bond acceptors (Lipinski definition) is 2. The van der Waals surface area contributed by atoms with Gasteiger partial charge in [0.2, 0.25) is 0 Å². The van der Waals surface area contributed by atoms with Crippen LogP contribution in [-0.4, -0.2) is 18.0 Å². The summed E-state index contributed by atoms with van der Waals surface area (Å²) < 4.78 is 0.721. The summed E-state index contributed by atoms with van der Waals surface area (Å²) in [6.07, 6.45) is 0.827. The van der Waals surface area contributed by atoms with Crippen molar-refractivity contribution < 1.29 is 4.79 Å². The highest BCUT2D eigenvalue weighted by Gasteiger charge is 2.27. The normalized spacial score (nSPS) is 13.6. The van der Waals surface area contributed by atoms with Gasteiger partial charge in [0, 0.05) is 21.6 Å². The minimum atomic E-state index is -0.410. The van der Waals surface area contributed by atoms with Crippen LogP contribution in [0, 0.1) is 5.92 Å². The lowest BCUT2D eigenvalue weighted by atomic mass is 9.90. The summed E-state index contributed by atoms with van der Waals surface area (Å²) >= 11 is 9.29. The molecule has 3 N–H and O–H groups in total. The van der Waals surface area contributed by atoms with Crippen molar-refractivity contribution in [3.8, 4) is 0 Å². The molecule has 1 unspecified atom stereocenters. The SMILES string of the molecule is CC(C)CC(C)(CN)NC(=O)c1cc(Cl)ccc1Br.Cl. The van der Waals surface area contributed by atoms with E-state index in [0.717, 1.165) is 10.9 Å². The Bertz CT molecular complexity index is 468. The van der Waals surface area contributed by atoms with Gasteiger partial charge in [0.05, 0.1) is 5.56 Å². The lowest BCUT2D eigenvalue weighted by molar-refractivity contribution is 0.0897. The summed E-state index contributed by atoms with van der Waals surface area (Å²) in [7, 11) is 0. The molecule has 3 nitrogen and oxygen atoms in total. The Hall–Kier alpha value is -0.290. The highest BCUT2D eigenvalue weighted by molar-refractivity contribution is 9.10. The highest BCUT2D eigenvalue weighted by atomic mass is 79.9. The molecule has 114 valence electrons. The number of carbonyl (C=O) groups excluding carboxylic acids is 1. The first kappa shape index (κ1) is 19.7. The molecule has 0 aliphatic heterocycles. The third-order valence-corrected chi connectivity index (χ3v) is 3.82. The molecule has 1 amide bonds. The van der Waals surface area contributed by atoms with Gasteiger partial charge in [-0.1, -0.05) is 25.4 Å². The maximum Gasteiger partial charge on any atom is 0.252 e. The highest BCUT2D eigenvalue weighted by Crippen LogP contribution is 2.23.